The van der Waals surface area contributed by atoms with Crippen LogP contribution in [-0.4, -0.2) is 71.0 Å². The van der Waals surface area contributed by atoms with Gasteiger partial charge in [0.15, 0.2) is 11.5 Å². The lowest BCUT2D eigenvalue weighted by Crippen LogP contribution is -2.50. The molecule has 4 rings (SSSR count). The molecule has 1 aromatic rings. The Hall–Kier alpha value is -2.32. The molecule has 0 atom stereocenters. The van der Waals surface area contributed by atoms with Crippen LogP contribution in [-0.2, 0) is 16.1 Å². The van der Waals surface area contributed by atoms with Gasteiger partial charge in [-0.25, -0.2) is 9.59 Å². The Labute approximate surface area is 171 Å². The minimum atomic E-state index is -1.82. The average Bonchev–Trinajstić information content (AvgIpc) is 3.17. The molecule has 0 aromatic heterocycles. The van der Waals surface area contributed by atoms with E-state index in [0.29, 0.717) is 6.79 Å². The van der Waals surface area contributed by atoms with Crippen molar-refractivity contribution in [3.63, 3.8) is 0 Å². The van der Waals surface area contributed by atoms with E-state index in [1.165, 1.54) is 57.4 Å². The second-order valence-electron chi connectivity index (χ2n) is 8.02. The van der Waals surface area contributed by atoms with Gasteiger partial charge in [-0.1, -0.05) is 13.0 Å². The number of hydrogen-bond donors (Lipinski definition) is 2. The quantitative estimate of drug-likeness (QED) is 0.738. The lowest BCUT2D eigenvalue weighted by atomic mass is 9.86. The van der Waals surface area contributed by atoms with Crippen molar-refractivity contribution < 1.29 is 29.3 Å². The van der Waals surface area contributed by atoms with E-state index in [9.17, 15) is 0 Å². The zero-order valence-electron chi connectivity index (χ0n) is 16.9. The minimum absolute atomic E-state index is 0.359. The van der Waals surface area contributed by atoms with Crippen molar-refractivity contribution >= 4 is 11.9 Å². The number of nitrogens with zero attached hydrogens (tertiary/aromatic N) is 2. The van der Waals surface area contributed by atoms with E-state index in [4.69, 9.17) is 29.3 Å². The molecule has 0 radical (unpaired) electrons. The van der Waals surface area contributed by atoms with Crippen LogP contribution in [0.1, 0.15) is 38.2 Å². The lowest BCUT2D eigenvalue weighted by molar-refractivity contribution is -0.159. The molecule has 0 bridgehead atoms. The molecule has 1 aliphatic carbocycles. The van der Waals surface area contributed by atoms with Gasteiger partial charge < -0.3 is 19.7 Å². The van der Waals surface area contributed by atoms with E-state index in [0.717, 1.165) is 30.0 Å². The molecule has 2 aliphatic heterocycles. The fourth-order valence-corrected chi connectivity index (χ4v) is 4.19. The van der Waals surface area contributed by atoms with Crippen molar-refractivity contribution in [2.24, 2.45) is 5.92 Å². The normalized spacial score (nSPS) is 24.4. The molecule has 3 aliphatic rings. The fraction of sp³-hybridized carbons (Fsp3) is 0.619. The Kier molecular flexibility index (Phi) is 7.33. The van der Waals surface area contributed by atoms with Gasteiger partial charge in [0.05, 0.1) is 0 Å². The predicted molar refractivity (Wildman–Crippen MR) is 106 cm³/mol. The summed E-state index contributed by atoms with van der Waals surface area (Å²) in [5.74, 6) is -0.925. The molecule has 1 aromatic carbocycles. The van der Waals surface area contributed by atoms with Crippen LogP contribution in [0.15, 0.2) is 18.2 Å². The van der Waals surface area contributed by atoms with E-state index in [1.54, 1.807) is 0 Å². The van der Waals surface area contributed by atoms with Crippen molar-refractivity contribution in [1.29, 1.82) is 0 Å². The number of benzene rings is 1. The Morgan fingerprint density at radius 1 is 0.966 bits per heavy atom. The predicted octanol–water partition coefficient (Wildman–Crippen LogP) is 2.27. The third-order valence-corrected chi connectivity index (χ3v) is 5.93. The van der Waals surface area contributed by atoms with Crippen molar-refractivity contribution in [3.05, 3.63) is 23.8 Å². The molecule has 0 amide bonds. The van der Waals surface area contributed by atoms with Gasteiger partial charge in [0.25, 0.3) is 0 Å². The first-order chi connectivity index (χ1) is 13.9. The van der Waals surface area contributed by atoms with Crippen LogP contribution in [0.25, 0.3) is 0 Å². The summed E-state index contributed by atoms with van der Waals surface area (Å²) in [6, 6.07) is 7.19. The SMILES string of the molecule is CC1CCC(N2CCN(Cc3ccc4c(c3)OCO4)CC2)CC1.O=C(O)C(=O)O. The Bertz CT molecular complexity index is 697. The Morgan fingerprint density at radius 3 is 2.21 bits per heavy atom. The van der Waals surface area contributed by atoms with Gasteiger partial charge in [0.2, 0.25) is 6.79 Å². The molecule has 2 fully saturated rings. The first-order valence-electron chi connectivity index (χ1n) is 10.2. The number of ether oxygens (including phenoxy) is 2. The summed E-state index contributed by atoms with van der Waals surface area (Å²) >= 11 is 0. The van der Waals surface area contributed by atoms with Gasteiger partial charge >= 0.3 is 11.9 Å². The number of carboxylic acid groups (broad SMARTS) is 2. The highest BCUT2D eigenvalue weighted by molar-refractivity contribution is 6.27. The van der Waals surface area contributed by atoms with Crippen LogP contribution in [0, 0.1) is 5.92 Å². The third kappa shape index (κ3) is 6.08. The molecule has 8 heteroatoms. The second kappa shape index (κ2) is 9.93. The molecule has 0 spiro atoms. The first-order valence-corrected chi connectivity index (χ1v) is 10.2. The highest BCUT2D eigenvalue weighted by Gasteiger charge is 2.27. The maximum atomic E-state index is 9.10. The maximum absolute atomic E-state index is 9.10. The Balaban J connectivity index is 0.000000353. The highest BCUT2D eigenvalue weighted by atomic mass is 16.7. The molecule has 1 saturated heterocycles. The molecule has 160 valence electrons. The molecular formula is C21H30N2O6. The fourth-order valence-electron chi connectivity index (χ4n) is 4.19. The van der Waals surface area contributed by atoms with Crippen molar-refractivity contribution in [3.8, 4) is 11.5 Å². The molecular weight excluding hydrogens is 376 g/mol. The number of hydrogen-bond acceptors (Lipinski definition) is 6. The Morgan fingerprint density at radius 2 is 1.59 bits per heavy atom. The molecule has 2 N–H and O–H groups in total. The minimum Gasteiger partial charge on any atom is -0.473 e. The van der Waals surface area contributed by atoms with Gasteiger partial charge in [-0.2, -0.15) is 0 Å². The maximum Gasteiger partial charge on any atom is 0.414 e. The second-order valence-corrected chi connectivity index (χ2v) is 8.02. The topological polar surface area (TPSA) is 99.5 Å². The summed E-state index contributed by atoms with van der Waals surface area (Å²) < 4.78 is 10.9. The largest absolute Gasteiger partial charge is 0.473 e. The van der Waals surface area contributed by atoms with Crippen molar-refractivity contribution in [2.75, 3.05) is 33.0 Å². The van der Waals surface area contributed by atoms with E-state index in [1.807, 2.05) is 6.07 Å². The highest BCUT2D eigenvalue weighted by Crippen LogP contribution is 2.33. The summed E-state index contributed by atoms with van der Waals surface area (Å²) in [5.41, 5.74) is 1.33. The number of fused-ring (bicyclic) bond motifs is 1. The van der Waals surface area contributed by atoms with E-state index in [-0.39, 0.29) is 0 Å². The summed E-state index contributed by atoms with van der Waals surface area (Å²) in [6.45, 7) is 8.59. The van der Waals surface area contributed by atoms with Crippen LogP contribution in [0.4, 0.5) is 0 Å². The van der Waals surface area contributed by atoms with E-state index in [2.05, 4.69) is 28.9 Å². The smallest absolute Gasteiger partial charge is 0.414 e. The van der Waals surface area contributed by atoms with Crippen LogP contribution in [0.5, 0.6) is 11.5 Å². The van der Waals surface area contributed by atoms with Crippen molar-refractivity contribution in [2.45, 2.75) is 45.2 Å². The van der Waals surface area contributed by atoms with Gasteiger partial charge in [0.1, 0.15) is 0 Å². The summed E-state index contributed by atoms with van der Waals surface area (Å²) in [4.78, 5) is 23.5. The van der Waals surface area contributed by atoms with Crippen LogP contribution < -0.4 is 9.47 Å². The molecule has 29 heavy (non-hydrogen) atoms. The van der Waals surface area contributed by atoms with Crippen LogP contribution in [0.2, 0.25) is 0 Å². The zero-order chi connectivity index (χ0) is 20.8. The standard InChI is InChI=1S/C19H28N2O2.C2H2O4/c1-15-2-5-17(6-3-15)21-10-8-20(9-11-21)13-16-4-7-18-19(12-16)23-14-22-18;3-1(4)2(5)6/h4,7,12,15,17H,2-3,5-6,8-11,13-14H2,1H3;(H,3,4)(H,5,6). The van der Waals surface area contributed by atoms with Gasteiger partial charge in [-0.15, -0.1) is 0 Å². The number of piperazine rings is 1. The number of carbonyl (C=O) groups is 2. The van der Waals surface area contributed by atoms with Gasteiger partial charge in [-0.05, 0) is 49.3 Å². The van der Waals surface area contributed by atoms with Crippen LogP contribution in [0.3, 0.4) is 0 Å². The molecule has 8 nitrogen and oxygen atoms in total. The third-order valence-electron chi connectivity index (χ3n) is 5.93. The number of carboxylic acids is 2. The monoisotopic (exact) mass is 406 g/mol. The summed E-state index contributed by atoms with van der Waals surface area (Å²) in [5, 5.41) is 14.8. The van der Waals surface area contributed by atoms with Gasteiger partial charge in [-0.3, -0.25) is 9.80 Å². The first kappa shape index (κ1) is 21.4. The van der Waals surface area contributed by atoms with Gasteiger partial charge in [0, 0.05) is 38.8 Å². The molecule has 1 saturated carbocycles. The lowest BCUT2D eigenvalue weighted by Gasteiger charge is -2.41. The summed E-state index contributed by atoms with van der Waals surface area (Å²) in [6.07, 6.45) is 5.65. The number of rotatable bonds is 3. The van der Waals surface area contributed by atoms with Crippen molar-refractivity contribution in [1.82, 2.24) is 9.80 Å². The number of aliphatic carboxylic acids is 2. The molecule has 0 unspecified atom stereocenters. The molecule has 2 heterocycles. The van der Waals surface area contributed by atoms with E-state index >= 15 is 0 Å². The average molecular weight is 406 g/mol. The van der Waals surface area contributed by atoms with E-state index < -0.39 is 11.9 Å². The van der Waals surface area contributed by atoms with Crippen LogP contribution >= 0.6 is 0 Å². The zero-order valence-corrected chi connectivity index (χ0v) is 16.9. The summed E-state index contributed by atoms with van der Waals surface area (Å²) in [7, 11) is 0.